The number of nitrogens with zero attached hydrogens (tertiary/aromatic N) is 2. The summed E-state index contributed by atoms with van der Waals surface area (Å²) in [6.07, 6.45) is 0.260. The Kier molecular flexibility index (Phi) is 5.88. The molecular weight excluding hydrogens is 290 g/mol. The van der Waals surface area contributed by atoms with E-state index >= 15 is 0 Å². The lowest BCUT2D eigenvalue weighted by molar-refractivity contribution is 0.0710. The third-order valence-corrected chi connectivity index (χ3v) is 4.46. The number of benzene rings is 1. The second-order valence-electron chi connectivity index (χ2n) is 4.73. The molecule has 6 nitrogen and oxygen atoms in total. The zero-order valence-corrected chi connectivity index (χ0v) is 13.1. The van der Waals surface area contributed by atoms with Gasteiger partial charge in [0.15, 0.2) is 0 Å². The number of sulfonamides is 1. The van der Waals surface area contributed by atoms with E-state index in [1.165, 1.54) is 31.3 Å². The highest BCUT2D eigenvalue weighted by atomic mass is 32.2. The van der Waals surface area contributed by atoms with Crippen LogP contribution in [0.1, 0.15) is 30.6 Å². The first-order chi connectivity index (χ1) is 9.83. The van der Waals surface area contributed by atoms with Crippen LogP contribution in [-0.2, 0) is 10.0 Å². The maximum Gasteiger partial charge on any atom is 0.254 e. The summed E-state index contributed by atoms with van der Waals surface area (Å²) < 4.78 is 25.5. The minimum absolute atomic E-state index is 0.0356. The molecule has 0 saturated heterocycles. The molecule has 0 aliphatic heterocycles. The van der Waals surface area contributed by atoms with Gasteiger partial charge in [0, 0.05) is 18.2 Å². The molecule has 0 aromatic heterocycles. The van der Waals surface area contributed by atoms with E-state index in [-0.39, 0.29) is 23.3 Å². The normalized spacial score (nSPS) is 11.2. The predicted molar refractivity (Wildman–Crippen MR) is 79.1 cm³/mol. The zero-order chi connectivity index (χ0) is 16.0. The van der Waals surface area contributed by atoms with Gasteiger partial charge in [0.2, 0.25) is 10.0 Å². The lowest BCUT2D eigenvalue weighted by atomic mass is 10.1. The van der Waals surface area contributed by atoms with Crippen molar-refractivity contribution in [2.75, 3.05) is 13.6 Å². The van der Waals surface area contributed by atoms with Crippen LogP contribution in [0.2, 0.25) is 0 Å². The summed E-state index contributed by atoms with van der Waals surface area (Å²) in [7, 11) is -2.18. The Balaban J connectivity index is 3.00. The second kappa shape index (κ2) is 7.20. The van der Waals surface area contributed by atoms with Crippen molar-refractivity contribution >= 4 is 15.9 Å². The summed E-state index contributed by atoms with van der Waals surface area (Å²) in [6, 6.07) is 7.72. The maximum absolute atomic E-state index is 12.4. The Morgan fingerprint density at radius 3 is 2.33 bits per heavy atom. The summed E-state index contributed by atoms with van der Waals surface area (Å²) in [5.41, 5.74) is 0.400. The summed E-state index contributed by atoms with van der Waals surface area (Å²) in [5, 5.41) is 8.64. The van der Waals surface area contributed by atoms with Crippen molar-refractivity contribution in [1.29, 1.82) is 5.26 Å². The molecule has 1 N–H and O–H groups in total. The molecule has 0 atom stereocenters. The molecule has 0 aliphatic rings. The molecule has 7 heteroatoms. The minimum atomic E-state index is -3.51. The maximum atomic E-state index is 12.4. The van der Waals surface area contributed by atoms with Crippen LogP contribution in [-0.4, -0.2) is 38.9 Å². The molecule has 1 aromatic carbocycles. The molecule has 114 valence electrons. The molecule has 1 aromatic rings. The van der Waals surface area contributed by atoms with Gasteiger partial charge in [0.1, 0.15) is 0 Å². The Labute approximate surface area is 125 Å². The van der Waals surface area contributed by atoms with E-state index in [1.807, 2.05) is 19.9 Å². The third kappa shape index (κ3) is 4.28. The average molecular weight is 309 g/mol. The van der Waals surface area contributed by atoms with Crippen molar-refractivity contribution in [2.24, 2.45) is 0 Å². The largest absolute Gasteiger partial charge is 0.335 e. The third-order valence-electron chi connectivity index (χ3n) is 3.03. The molecule has 0 saturated carbocycles. The average Bonchev–Trinajstić information content (AvgIpc) is 2.47. The molecular formula is C14H19N3O3S. The van der Waals surface area contributed by atoms with Crippen LogP contribution >= 0.6 is 0 Å². The predicted octanol–water partition coefficient (Wildman–Crippen LogP) is 1.36. The van der Waals surface area contributed by atoms with E-state index in [9.17, 15) is 13.2 Å². The van der Waals surface area contributed by atoms with Crippen molar-refractivity contribution in [3.63, 3.8) is 0 Å². The fourth-order valence-electron chi connectivity index (χ4n) is 1.83. The van der Waals surface area contributed by atoms with E-state index in [0.717, 1.165) is 0 Å². The molecule has 1 rings (SSSR count). The molecule has 0 heterocycles. The van der Waals surface area contributed by atoms with E-state index < -0.39 is 10.0 Å². The first kappa shape index (κ1) is 17.1. The van der Waals surface area contributed by atoms with Gasteiger partial charge < -0.3 is 4.90 Å². The first-order valence-electron chi connectivity index (χ1n) is 6.55. The minimum Gasteiger partial charge on any atom is -0.335 e. The molecule has 0 spiro atoms. The number of hydrogen-bond acceptors (Lipinski definition) is 4. The molecule has 0 radical (unpaired) electrons. The van der Waals surface area contributed by atoms with E-state index in [0.29, 0.717) is 12.1 Å². The quantitative estimate of drug-likeness (QED) is 0.859. The molecule has 0 bridgehead atoms. The lowest BCUT2D eigenvalue weighted by Crippen LogP contribution is -2.37. The molecule has 0 aliphatic carbocycles. The van der Waals surface area contributed by atoms with Crippen molar-refractivity contribution < 1.29 is 13.2 Å². The summed E-state index contributed by atoms with van der Waals surface area (Å²) in [5.74, 6) is -0.214. The Hall–Kier alpha value is -1.91. The Bertz CT molecular complexity index is 630. The van der Waals surface area contributed by atoms with Crippen LogP contribution in [0.4, 0.5) is 0 Å². The number of nitrogens with one attached hydrogen (secondary N) is 1. The number of nitriles is 1. The highest BCUT2D eigenvalue weighted by Gasteiger charge is 2.19. The number of amides is 1. The van der Waals surface area contributed by atoms with E-state index in [2.05, 4.69) is 4.72 Å². The monoisotopic (exact) mass is 309 g/mol. The topological polar surface area (TPSA) is 90.3 Å². The van der Waals surface area contributed by atoms with Crippen LogP contribution in [0.5, 0.6) is 0 Å². The molecule has 0 fully saturated rings. The van der Waals surface area contributed by atoms with Crippen LogP contribution in [0.15, 0.2) is 29.2 Å². The van der Waals surface area contributed by atoms with Crippen molar-refractivity contribution in [3.05, 3.63) is 29.8 Å². The SMILES string of the molecule is CNS(=O)(=O)c1ccc(C(=O)N(CCC#N)C(C)C)cc1. The van der Waals surface area contributed by atoms with Gasteiger partial charge in [-0.15, -0.1) is 0 Å². The highest BCUT2D eigenvalue weighted by Crippen LogP contribution is 2.13. The van der Waals surface area contributed by atoms with Gasteiger partial charge in [0.05, 0.1) is 17.4 Å². The van der Waals surface area contributed by atoms with Crippen molar-refractivity contribution in [1.82, 2.24) is 9.62 Å². The smallest absolute Gasteiger partial charge is 0.254 e. The van der Waals surface area contributed by atoms with Crippen LogP contribution < -0.4 is 4.72 Å². The molecule has 1 amide bonds. The number of hydrogen-bond donors (Lipinski definition) is 1. The summed E-state index contributed by atoms with van der Waals surface area (Å²) >= 11 is 0. The van der Waals surface area contributed by atoms with E-state index in [1.54, 1.807) is 4.90 Å². The summed E-state index contributed by atoms with van der Waals surface area (Å²) in [6.45, 7) is 4.09. The van der Waals surface area contributed by atoms with Crippen molar-refractivity contribution in [3.8, 4) is 6.07 Å². The fraction of sp³-hybridized carbons (Fsp3) is 0.429. The highest BCUT2D eigenvalue weighted by molar-refractivity contribution is 7.89. The molecule has 0 unspecified atom stereocenters. The van der Waals surface area contributed by atoms with Crippen LogP contribution in [0.25, 0.3) is 0 Å². The Morgan fingerprint density at radius 1 is 1.33 bits per heavy atom. The summed E-state index contributed by atoms with van der Waals surface area (Å²) in [4.78, 5) is 14.1. The molecule has 21 heavy (non-hydrogen) atoms. The van der Waals surface area contributed by atoms with Crippen molar-refractivity contribution in [2.45, 2.75) is 31.2 Å². The first-order valence-corrected chi connectivity index (χ1v) is 8.03. The lowest BCUT2D eigenvalue weighted by Gasteiger charge is -2.26. The number of carbonyl (C=O) groups excluding carboxylic acids is 1. The second-order valence-corrected chi connectivity index (χ2v) is 6.62. The number of rotatable bonds is 6. The Morgan fingerprint density at radius 2 is 1.90 bits per heavy atom. The fourth-order valence-corrected chi connectivity index (χ4v) is 2.56. The van der Waals surface area contributed by atoms with Gasteiger partial charge >= 0.3 is 0 Å². The van der Waals surface area contributed by atoms with Gasteiger partial charge in [-0.1, -0.05) is 0 Å². The van der Waals surface area contributed by atoms with Gasteiger partial charge in [-0.3, -0.25) is 4.79 Å². The van der Waals surface area contributed by atoms with Gasteiger partial charge in [-0.2, -0.15) is 5.26 Å². The van der Waals surface area contributed by atoms with Crippen LogP contribution in [0.3, 0.4) is 0 Å². The van der Waals surface area contributed by atoms with E-state index in [4.69, 9.17) is 5.26 Å². The zero-order valence-electron chi connectivity index (χ0n) is 12.3. The van der Waals surface area contributed by atoms with Gasteiger partial charge in [0.25, 0.3) is 5.91 Å². The standard InChI is InChI=1S/C14H19N3O3S/c1-11(2)17(10-4-9-15)14(18)12-5-7-13(8-6-12)21(19,20)16-3/h5-8,11,16H,4,10H2,1-3H3. The number of carbonyl (C=O) groups is 1. The van der Waals surface area contributed by atoms with Gasteiger partial charge in [-0.05, 0) is 45.2 Å². The van der Waals surface area contributed by atoms with Crippen LogP contribution in [0, 0.1) is 11.3 Å². The van der Waals surface area contributed by atoms with Gasteiger partial charge in [-0.25, -0.2) is 13.1 Å².